The normalized spacial score (nSPS) is 28.7. The van der Waals surface area contributed by atoms with E-state index in [-0.39, 0.29) is 6.61 Å². The van der Waals surface area contributed by atoms with Crippen LogP contribution in [0.5, 0.6) is 5.75 Å². The van der Waals surface area contributed by atoms with Crippen LogP contribution in [0.1, 0.15) is 13.8 Å². The maximum absolute atomic E-state index is 12.8. The molecule has 1 aromatic rings. The Labute approximate surface area is 153 Å². The minimum Gasteiger partial charge on any atom is -0.484 e. The zero-order chi connectivity index (χ0) is 19.1. The Balaban J connectivity index is 1.66. The smallest absolute Gasteiger partial charge is 0.330 e. The molecule has 4 atom stereocenters. The number of β-lactam (4-membered cyclic amide) rings is 1. The molecular weight excluding hydrogens is 360 g/mol. The zero-order valence-corrected chi connectivity index (χ0v) is 15.4. The van der Waals surface area contributed by atoms with Crippen LogP contribution in [0.25, 0.3) is 0 Å². The number of methoxy groups -OCH3 is 1. The minimum absolute atomic E-state index is 0.267. The monoisotopic (exact) mass is 380 g/mol. The van der Waals surface area contributed by atoms with Crippen LogP contribution in [-0.2, 0) is 29.9 Å². The van der Waals surface area contributed by atoms with Crippen LogP contribution in [0.3, 0.4) is 0 Å². The van der Waals surface area contributed by atoms with Crippen LogP contribution in [0.2, 0.25) is 0 Å². The van der Waals surface area contributed by atoms with Gasteiger partial charge in [-0.25, -0.2) is 4.79 Å². The summed E-state index contributed by atoms with van der Waals surface area (Å²) >= 11 is 0. The highest BCUT2D eigenvalue weighted by atomic mass is 32.2. The summed E-state index contributed by atoms with van der Waals surface area (Å²) in [4.78, 5) is 37.8. The minimum atomic E-state index is -1.53. The average molecular weight is 380 g/mol. The van der Waals surface area contributed by atoms with Gasteiger partial charge < -0.3 is 19.7 Å². The number of ether oxygens (including phenoxy) is 2. The Kier molecular flexibility index (Phi) is 4.74. The average Bonchev–Trinajstić information content (AvgIpc) is 2.82. The number of fused-ring (bicyclic) bond motifs is 1. The molecule has 2 saturated heterocycles. The second-order valence-electron chi connectivity index (χ2n) is 6.61. The SMILES string of the molecule is COC(=O)C1N2C(=O)C(NC(=O)COc3ccccc3)C2S(=O)C1(C)C. The van der Waals surface area contributed by atoms with Crippen molar-refractivity contribution < 1.29 is 28.1 Å². The van der Waals surface area contributed by atoms with E-state index in [0.717, 1.165) is 0 Å². The number of carbonyl (C=O) groups excluding carboxylic acids is 3. The topological polar surface area (TPSA) is 102 Å². The highest BCUT2D eigenvalue weighted by Gasteiger charge is 2.68. The molecule has 0 aliphatic carbocycles. The fourth-order valence-electron chi connectivity index (χ4n) is 3.27. The fraction of sp³-hybridized carbons (Fsp3) is 0.471. The van der Waals surface area contributed by atoms with Gasteiger partial charge in [-0.15, -0.1) is 0 Å². The van der Waals surface area contributed by atoms with Crippen molar-refractivity contribution in [2.45, 2.75) is 36.1 Å². The van der Waals surface area contributed by atoms with Gasteiger partial charge in [0.25, 0.3) is 5.91 Å². The number of esters is 1. The first kappa shape index (κ1) is 18.4. The Hall–Kier alpha value is -2.42. The van der Waals surface area contributed by atoms with E-state index >= 15 is 0 Å². The van der Waals surface area contributed by atoms with Crippen LogP contribution < -0.4 is 10.1 Å². The standard InChI is InChI=1S/C17H20N2O6S/c1-17(2)13(16(22)24-3)19-14(21)12(15(19)26(17)23)18-11(20)9-25-10-7-5-4-6-8-10/h4-8,12-13,15H,9H2,1-3H3,(H,18,20). The van der Waals surface area contributed by atoms with E-state index in [1.165, 1.54) is 12.0 Å². The Bertz CT molecular complexity index is 766. The molecule has 2 aliphatic rings. The lowest BCUT2D eigenvalue weighted by atomic mass is 9.96. The van der Waals surface area contributed by atoms with E-state index in [4.69, 9.17) is 9.47 Å². The summed E-state index contributed by atoms with van der Waals surface area (Å²) in [6.45, 7) is 3.03. The van der Waals surface area contributed by atoms with Crippen molar-refractivity contribution in [3.8, 4) is 5.75 Å². The molecule has 1 aromatic carbocycles. The maximum Gasteiger partial charge on any atom is 0.330 e. The third-order valence-electron chi connectivity index (χ3n) is 4.61. The second kappa shape index (κ2) is 6.71. The highest BCUT2D eigenvalue weighted by Crippen LogP contribution is 2.43. The van der Waals surface area contributed by atoms with Gasteiger partial charge in [-0.1, -0.05) is 18.2 Å². The summed E-state index contributed by atoms with van der Waals surface area (Å²) in [6, 6.07) is 6.92. The van der Waals surface area contributed by atoms with Gasteiger partial charge in [0.2, 0.25) is 5.91 Å². The van der Waals surface area contributed by atoms with Gasteiger partial charge in [-0.2, -0.15) is 0 Å². The van der Waals surface area contributed by atoms with E-state index in [1.54, 1.807) is 38.1 Å². The van der Waals surface area contributed by atoms with Crippen molar-refractivity contribution >= 4 is 28.6 Å². The molecule has 2 amide bonds. The summed E-state index contributed by atoms with van der Waals surface area (Å²) in [7, 11) is -0.311. The fourth-order valence-corrected chi connectivity index (χ4v) is 5.18. The molecule has 0 bridgehead atoms. The van der Waals surface area contributed by atoms with Crippen molar-refractivity contribution in [1.29, 1.82) is 0 Å². The molecule has 0 radical (unpaired) electrons. The molecule has 140 valence electrons. The first-order valence-corrected chi connectivity index (χ1v) is 9.28. The lowest BCUT2D eigenvalue weighted by molar-refractivity contribution is -0.162. The zero-order valence-electron chi connectivity index (χ0n) is 14.6. The van der Waals surface area contributed by atoms with E-state index in [9.17, 15) is 18.6 Å². The van der Waals surface area contributed by atoms with Gasteiger partial charge in [0, 0.05) is 0 Å². The van der Waals surface area contributed by atoms with E-state index in [2.05, 4.69) is 5.32 Å². The highest BCUT2D eigenvalue weighted by molar-refractivity contribution is 7.87. The third kappa shape index (κ3) is 2.86. The van der Waals surface area contributed by atoms with E-state index in [0.29, 0.717) is 5.75 Å². The van der Waals surface area contributed by atoms with Crippen LogP contribution in [0.15, 0.2) is 30.3 Å². The second-order valence-corrected chi connectivity index (χ2v) is 8.74. The predicted molar refractivity (Wildman–Crippen MR) is 92.5 cm³/mol. The van der Waals surface area contributed by atoms with Gasteiger partial charge >= 0.3 is 5.97 Å². The van der Waals surface area contributed by atoms with Crippen LogP contribution in [0.4, 0.5) is 0 Å². The van der Waals surface area contributed by atoms with Gasteiger partial charge in [0.15, 0.2) is 6.61 Å². The molecule has 2 fully saturated rings. The maximum atomic E-state index is 12.8. The number of rotatable bonds is 5. The molecule has 26 heavy (non-hydrogen) atoms. The van der Waals surface area contributed by atoms with Crippen molar-refractivity contribution in [2.75, 3.05) is 13.7 Å². The number of nitrogens with one attached hydrogen (secondary N) is 1. The van der Waals surface area contributed by atoms with Gasteiger partial charge in [-0.05, 0) is 26.0 Å². The first-order valence-electron chi connectivity index (χ1n) is 8.07. The van der Waals surface area contributed by atoms with Crippen molar-refractivity contribution in [1.82, 2.24) is 10.2 Å². The van der Waals surface area contributed by atoms with Gasteiger partial charge in [0.05, 0.1) is 22.7 Å². The molecule has 0 aromatic heterocycles. The number of benzene rings is 1. The molecule has 9 heteroatoms. The Morgan fingerprint density at radius 1 is 1.27 bits per heavy atom. The molecule has 2 aliphatic heterocycles. The summed E-state index contributed by atoms with van der Waals surface area (Å²) in [5, 5.41) is 1.81. The number of nitrogens with zero attached hydrogens (tertiary/aromatic N) is 1. The first-order chi connectivity index (χ1) is 12.3. The number of hydrogen-bond acceptors (Lipinski definition) is 6. The predicted octanol–water partition coefficient (Wildman–Crippen LogP) is -0.199. The van der Waals surface area contributed by atoms with Gasteiger partial charge in [-0.3, -0.25) is 13.8 Å². The number of hydrogen-bond donors (Lipinski definition) is 1. The molecule has 3 rings (SSSR count). The molecule has 8 nitrogen and oxygen atoms in total. The van der Waals surface area contributed by atoms with E-state index < -0.39 is 50.8 Å². The summed E-state index contributed by atoms with van der Waals surface area (Å²) in [5.74, 6) is -1.03. The lowest BCUT2D eigenvalue weighted by Gasteiger charge is -2.43. The van der Waals surface area contributed by atoms with Crippen molar-refractivity contribution in [2.24, 2.45) is 0 Å². The Morgan fingerprint density at radius 2 is 1.92 bits per heavy atom. The molecule has 0 spiro atoms. The van der Waals surface area contributed by atoms with Crippen molar-refractivity contribution in [3.05, 3.63) is 30.3 Å². The molecular formula is C17H20N2O6S. The molecule has 1 N–H and O–H groups in total. The van der Waals surface area contributed by atoms with Crippen LogP contribution in [-0.4, -0.2) is 62.8 Å². The summed E-state index contributed by atoms with van der Waals surface area (Å²) in [5.41, 5.74) is 0. The molecule has 0 saturated carbocycles. The van der Waals surface area contributed by atoms with Crippen molar-refractivity contribution in [3.63, 3.8) is 0 Å². The largest absolute Gasteiger partial charge is 0.484 e. The van der Waals surface area contributed by atoms with Crippen LogP contribution in [0, 0.1) is 0 Å². The lowest BCUT2D eigenvalue weighted by Crippen LogP contribution is -2.71. The van der Waals surface area contributed by atoms with Gasteiger partial charge in [0.1, 0.15) is 23.2 Å². The Morgan fingerprint density at radius 3 is 2.54 bits per heavy atom. The third-order valence-corrected chi connectivity index (χ3v) is 6.81. The summed E-state index contributed by atoms with van der Waals surface area (Å²) < 4.78 is 21.9. The van der Waals surface area contributed by atoms with E-state index in [1.807, 2.05) is 6.07 Å². The number of carbonyl (C=O) groups is 3. The van der Waals surface area contributed by atoms with Crippen LogP contribution >= 0.6 is 0 Å². The summed E-state index contributed by atoms with van der Waals surface area (Å²) in [6.07, 6.45) is 0. The molecule has 2 heterocycles. The number of amides is 2. The quantitative estimate of drug-likeness (QED) is 0.561. The number of para-hydroxylation sites is 1. The molecule has 4 unspecified atom stereocenters.